The molecule has 0 spiro atoms. The summed E-state index contributed by atoms with van der Waals surface area (Å²) in [6, 6.07) is 6.10. The van der Waals surface area contributed by atoms with Crippen molar-refractivity contribution in [2.45, 2.75) is 13.3 Å². The van der Waals surface area contributed by atoms with Crippen LogP contribution in [0.1, 0.15) is 13.3 Å². The average Bonchev–Trinajstić information content (AvgIpc) is 2.31. The molecule has 1 aromatic carbocycles. The number of carbonyl (C=O) groups excluding carboxylic acids is 1. The molecule has 0 saturated heterocycles. The van der Waals surface area contributed by atoms with Crippen LogP contribution in [0.2, 0.25) is 0 Å². The van der Waals surface area contributed by atoms with Crippen molar-refractivity contribution in [3.8, 4) is 5.75 Å². The summed E-state index contributed by atoms with van der Waals surface area (Å²) in [4.78, 5) is 11.3. The van der Waals surface area contributed by atoms with E-state index >= 15 is 0 Å². The van der Waals surface area contributed by atoms with Crippen molar-refractivity contribution in [3.63, 3.8) is 0 Å². The lowest BCUT2D eigenvalue weighted by molar-refractivity contribution is -0.146. The van der Waals surface area contributed by atoms with E-state index in [0.29, 0.717) is 6.42 Å². The Morgan fingerprint density at radius 3 is 2.69 bits per heavy atom. The number of halogens is 1. The molecule has 0 aliphatic carbocycles. The molecule has 0 fully saturated rings. The SMILES string of the molecule is CCC(COc1ccccc1F)C(=O)OC. The number of ether oxygens (including phenoxy) is 2. The highest BCUT2D eigenvalue weighted by Crippen LogP contribution is 2.17. The first kappa shape index (κ1) is 12.5. The van der Waals surface area contributed by atoms with Crippen molar-refractivity contribution >= 4 is 5.97 Å². The Morgan fingerprint density at radius 1 is 1.44 bits per heavy atom. The molecule has 0 aliphatic rings. The van der Waals surface area contributed by atoms with Gasteiger partial charge in [-0.15, -0.1) is 0 Å². The Kier molecular flexibility index (Phi) is 4.76. The molecule has 1 aromatic rings. The molecule has 1 unspecified atom stereocenters. The maximum Gasteiger partial charge on any atom is 0.312 e. The van der Waals surface area contributed by atoms with Crippen LogP contribution < -0.4 is 4.74 Å². The topological polar surface area (TPSA) is 35.5 Å². The van der Waals surface area contributed by atoms with Gasteiger partial charge in [0.05, 0.1) is 13.0 Å². The third kappa shape index (κ3) is 3.22. The molecule has 16 heavy (non-hydrogen) atoms. The molecular formula is C12H15FO3. The number of para-hydroxylation sites is 1. The van der Waals surface area contributed by atoms with Gasteiger partial charge >= 0.3 is 5.97 Å². The minimum absolute atomic E-state index is 0.129. The van der Waals surface area contributed by atoms with Crippen LogP contribution in [0.3, 0.4) is 0 Å². The second-order valence-corrected chi connectivity index (χ2v) is 3.37. The minimum atomic E-state index is -0.429. The number of rotatable bonds is 5. The standard InChI is InChI=1S/C12H15FO3/c1-3-9(12(14)15-2)8-16-11-7-5-4-6-10(11)13/h4-7,9H,3,8H2,1-2H3. The second-order valence-electron chi connectivity index (χ2n) is 3.37. The van der Waals surface area contributed by atoms with E-state index in [-0.39, 0.29) is 24.2 Å². The van der Waals surface area contributed by atoms with Crippen LogP contribution >= 0.6 is 0 Å². The van der Waals surface area contributed by atoms with Gasteiger partial charge < -0.3 is 9.47 Å². The van der Waals surface area contributed by atoms with Crippen LogP contribution in [0.4, 0.5) is 4.39 Å². The van der Waals surface area contributed by atoms with Gasteiger partial charge in [0, 0.05) is 0 Å². The number of esters is 1. The summed E-state index contributed by atoms with van der Waals surface area (Å²) in [5.74, 6) is -0.962. The molecule has 0 aliphatic heterocycles. The van der Waals surface area contributed by atoms with E-state index in [1.165, 1.54) is 19.2 Å². The lowest BCUT2D eigenvalue weighted by Gasteiger charge is -2.13. The van der Waals surface area contributed by atoms with E-state index in [4.69, 9.17) is 4.74 Å². The van der Waals surface area contributed by atoms with Crippen LogP contribution in [0.25, 0.3) is 0 Å². The summed E-state index contributed by atoms with van der Waals surface area (Å²) >= 11 is 0. The fraction of sp³-hybridized carbons (Fsp3) is 0.417. The predicted octanol–water partition coefficient (Wildman–Crippen LogP) is 2.40. The number of carbonyl (C=O) groups is 1. The van der Waals surface area contributed by atoms with Gasteiger partial charge in [0.25, 0.3) is 0 Å². The predicted molar refractivity (Wildman–Crippen MR) is 57.7 cm³/mol. The zero-order valence-corrected chi connectivity index (χ0v) is 9.40. The summed E-state index contributed by atoms with van der Waals surface area (Å²) in [5, 5.41) is 0. The maximum atomic E-state index is 13.2. The van der Waals surface area contributed by atoms with Crippen molar-refractivity contribution < 1.29 is 18.7 Å². The molecule has 4 heteroatoms. The van der Waals surface area contributed by atoms with Crippen molar-refractivity contribution in [2.24, 2.45) is 5.92 Å². The quantitative estimate of drug-likeness (QED) is 0.723. The fourth-order valence-electron chi connectivity index (χ4n) is 1.27. The van der Waals surface area contributed by atoms with Gasteiger partial charge in [0.2, 0.25) is 0 Å². The molecular weight excluding hydrogens is 211 g/mol. The molecule has 1 rings (SSSR count). The first-order chi connectivity index (χ1) is 7.69. The summed E-state index contributed by atoms with van der Waals surface area (Å²) in [7, 11) is 1.33. The Balaban J connectivity index is 2.56. The molecule has 3 nitrogen and oxygen atoms in total. The van der Waals surface area contributed by atoms with E-state index in [2.05, 4.69) is 4.74 Å². The highest BCUT2D eigenvalue weighted by atomic mass is 19.1. The molecule has 0 radical (unpaired) electrons. The Morgan fingerprint density at radius 2 is 2.12 bits per heavy atom. The molecule has 0 bridgehead atoms. The number of hydrogen-bond donors (Lipinski definition) is 0. The lowest BCUT2D eigenvalue weighted by atomic mass is 10.1. The van der Waals surface area contributed by atoms with E-state index in [9.17, 15) is 9.18 Å². The summed E-state index contributed by atoms with van der Waals surface area (Å²) < 4.78 is 23.0. The van der Waals surface area contributed by atoms with Crippen molar-refractivity contribution in [2.75, 3.05) is 13.7 Å². The normalized spacial score (nSPS) is 11.9. The Hall–Kier alpha value is -1.58. The lowest BCUT2D eigenvalue weighted by Crippen LogP contribution is -2.22. The monoisotopic (exact) mass is 226 g/mol. The first-order valence-corrected chi connectivity index (χ1v) is 5.14. The highest BCUT2D eigenvalue weighted by molar-refractivity contribution is 5.72. The summed E-state index contributed by atoms with van der Waals surface area (Å²) in [6.45, 7) is 1.98. The van der Waals surface area contributed by atoms with Crippen molar-refractivity contribution in [3.05, 3.63) is 30.1 Å². The van der Waals surface area contributed by atoms with Gasteiger partial charge in [0.1, 0.15) is 6.61 Å². The summed E-state index contributed by atoms with van der Waals surface area (Å²) in [6.07, 6.45) is 0.598. The van der Waals surface area contributed by atoms with Crippen molar-refractivity contribution in [1.82, 2.24) is 0 Å². The number of hydrogen-bond acceptors (Lipinski definition) is 3. The molecule has 0 heterocycles. The fourth-order valence-corrected chi connectivity index (χ4v) is 1.27. The largest absolute Gasteiger partial charge is 0.490 e. The third-order valence-corrected chi connectivity index (χ3v) is 2.30. The maximum absolute atomic E-state index is 13.2. The van der Waals surface area contributed by atoms with E-state index in [0.717, 1.165) is 0 Å². The zero-order chi connectivity index (χ0) is 12.0. The zero-order valence-electron chi connectivity index (χ0n) is 9.40. The summed E-state index contributed by atoms with van der Waals surface area (Å²) in [5.41, 5.74) is 0. The number of benzene rings is 1. The molecule has 0 saturated carbocycles. The van der Waals surface area contributed by atoms with Crippen molar-refractivity contribution in [1.29, 1.82) is 0 Å². The highest BCUT2D eigenvalue weighted by Gasteiger charge is 2.18. The molecule has 0 aromatic heterocycles. The van der Waals surface area contributed by atoms with Gasteiger partial charge in [-0.3, -0.25) is 4.79 Å². The van der Waals surface area contributed by atoms with Crippen LogP contribution in [-0.2, 0) is 9.53 Å². The van der Waals surface area contributed by atoms with Crippen LogP contribution in [0.15, 0.2) is 24.3 Å². The van der Waals surface area contributed by atoms with Gasteiger partial charge in [-0.2, -0.15) is 0 Å². The first-order valence-electron chi connectivity index (χ1n) is 5.14. The number of methoxy groups -OCH3 is 1. The second kappa shape index (κ2) is 6.10. The van der Waals surface area contributed by atoms with Crippen LogP contribution in [0, 0.1) is 11.7 Å². The molecule has 0 N–H and O–H groups in total. The smallest absolute Gasteiger partial charge is 0.312 e. The van der Waals surface area contributed by atoms with E-state index < -0.39 is 5.82 Å². The van der Waals surface area contributed by atoms with Gasteiger partial charge in [-0.25, -0.2) is 4.39 Å². The van der Waals surface area contributed by atoms with E-state index in [1.54, 1.807) is 12.1 Å². The third-order valence-electron chi connectivity index (χ3n) is 2.30. The minimum Gasteiger partial charge on any atom is -0.490 e. The molecule has 1 atom stereocenters. The van der Waals surface area contributed by atoms with Crippen LogP contribution in [-0.4, -0.2) is 19.7 Å². The van der Waals surface area contributed by atoms with Gasteiger partial charge in [-0.1, -0.05) is 19.1 Å². The molecule has 88 valence electrons. The Labute approximate surface area is 94.2 Å². The van der Waals surface area contributed by atoms with Crippen LogP contribution in [0.5, 0.6) is 5.75 Å². The Bertz CT molecular complexity index is 352. The van der Waals surface area contributed by atoms with E-state index in [1.807, 2.05) is 6.92 Å². The van der Waals surface area contributed by atoms with Gasteiger partial charge in [-0.05, 0) is 18.6 Å². The van der Waals surface area contributed by atoms with Gasteiger partial charge in [0.15, 0.2) is 11.6 Å². The average molecular weight is 226 g/mol. The molecule has 0 amide bonds.